The number of furan rings is 1. The van der Waals surface area contributed by atoms with Gasteiger partial charge in [-0.05, 0) is 71.1 Å². The summed E-state index contributed by atoms with van der Waals surface area (Å²) in [5.74, 6) is 0. The summed E-state index contributed by atoms with van der Waals surface area (Å²) in [6.07, 6.45) is 0. The van der Waals surface area contributed by atoms with Crippen molar-refractivity contribution in [3.8, 4) is 22.5 Å². The summed E-state index contributed by atoms with van der Waals surface area (Å²) >= 11 is 0. The zero-order valence-corrected chi connectivity index (χ0v) is 27.7. The highest BCUT2D eigenvalue weighted by molar-refractivity contribution is 6.17. The molecule has 0 radical (unpaired) electrons. The summed E-state index contributed by atoms with van der Waals surface area (Å²) in [4.78, 5) is 0. The zero-order chi connectivity index (χ0) is 32.9. The van der Waals surface area contributed by atoms with E-state index in [1.165, 1.54) is 66.0 Å². The second kappa shape index (κ2) is 10.2. The van der Waals surface area contributed by atoms with Gasteiger partial charge in [-0.1, -0.05) is 118 Å². The number of benzene rings is 7. The van der Waals surface area contributed by atoms with Crippen molar-refractivity contribution in [1.82, 2.24) is 9.13 Å². The molecule has 0 atom stereocenters. The number of rotatable bonds is 3. The van der Waals surface area contributed by atoms with Crippen molar-refractivity contribution in [2.45, 2.75) is 26.2 Å². The van der Waals surface area contributed by atoms with Gasteiger partial charge in [-0.15, -0.1) is 0 Å². The molecule has 0 saturated carbocycles. The molecule has 0 aliphatic heterocycles. The van der Waals surface area contributed by atoms with E-state index in [-0.39, 0.29) is 5.41 Å². The van der Waals surface area contributed by atoms with E-state index in [4.69, 9.17) is 4.42 Å². The highest BCUT2D eigenvalue weighted by Crippen LogP contribution is 2.41. The highest BCUT2D eigenvalue weighted by Gasteiger charge is 2.20. The van der Waals surface area contributed by atoms with Crippen molar-refractivity contribution < 1.29 is 4.42 Å². The molecule has 0 fully saturated rings. The molecule has 0 bridgehead atoms. The summed E-state index contributed by atoms with van der Waals surface area (Å²) in [6.45, 7) is 6.80. The number of hydrogen-bond donors (Lipinski definition) is 0. The Bertz CT molecular complexity index is 2910. The summed E-state index contributed by atoms with van der Waals surface area (Å²) < 4.78 is 11.2. The van der Waals surface area contributed by atoms with Crippen LogP contribution in [0.1, 0.15) is 26.3 Å². The van der Waals surface area contributed by atoms with Gasteiger partial charge in [-0.2, -0.15) is 0 Å². The summed E-state index contributed by atoms with van der Waals surface area (Å²) in [6, 6.07) is 55.2. The van der Waals surface area contributed by atoms with Crippen molar-refractivity contribution in [1.29, 1.82) is 0 Å². The fraction of sp³-hybridized carbons (Fsp3) is 0.0870. The minimum atomic E-state index is 0.108. The Hall–Kier alpha value is -6.06. The van der Waals surface area contributed by atoms with E-state index < -0.39 is 0 Å². The molecular weight excluding hydrogens is 597 g/mol. The minimum absolute atomic E-state index is 0.108. The van der Waals surface area contributed by atoms with Gasteiger partial charge in [0.05, 0.1) is 27.8 Å². The topological polar surface area (TPSA) is 23.0 Å². The molecule has 0 aliphatic rings. The van der Waals surface area contributed by atoms with Gasteiger partial charge in [-0.25, -0.2) is 0 Å². The van der Waals surface area contributed by atoms with Gasteiger partial charge in [-0.3, -0.25) is 0 Å². The van der Waals surface area contributed by atoms with Crippen LogP contribution in [0.15, 0.2) is 156 Å². The third-order valence-electron chi connectivity index (χ3n) is 10.3. The van der Waals surface area contributed by atoms with Gasteiger partial charge < -0.3 is 13.6 Å². The van der Waals surface area contributed by atoms with Crippen molar-refractivity contribution in [3.63, 3.8) is 0 Å². The molecule has 3 nitrogen and oxygen atoms in total. The summed E-state index contributed by atoms with van der Waals surface area (Å²) in [7, 11) is 0. The predicted molar refractivity (Wildman–Crippen MR) is 207 cm³/mol. The molecular formula is C46H34N2O. The third-order valence-corrected chi connectivity index (χ3v) is 10.3. The molecule has 0 saturated heterocycles. The average Bonchev–Trinajstić information content (AvgIpc) is 3.77. The Kier molecular flexibility index (Phi) is 5.84. The third kappa shape index (κ3) is 4.15. The van der Waals surface area contributed by atoms with E-state index >= 15 is 0 Å². The van der Waals surface area contributed by atoms with E-state index in [0.29, 0.717) is 0 Å². The van der Waals surface area contributed by atoms with Crippen molar-refractivity contribution in [2.24, 2.45) is 0 Å². The first kappa shape index (κ1) is 28.0. The fourth-order valence-electron chi connectivity index (χ4n) is 7.89. The Morgan fingerprint density at radius 2 is 1.04 bits per heavy atom. The monoisotopic (exact) mass is 630 g/mol. The standard InChI is InChI=1S/C46H34N2O/c1-46(2,3)30-22-20-29(21-23-30)32-12-4-8-16-39(32)48-41-18-10-6-13-33(41)36-26-31(24-25-42(36)48)47-40-17-9-5-14-34(40)37-28-45-38(27-43(37)47)35-15-7-11-19-44(35)49-45/h4-28H,1-3H3. The molecule has 3 heterocycles. The van der Waals surface area contributed by atoms with Crippen LogP contribution in [0.4, 0.5) is 0 Å². The smallest absolute Gasteiger partial charge is 0.136 e. The van der Waals surface area contributed by atoms with Gasteiger partial charge in [0.2, 0.25) is 0 Å². The van der Waals surface area contributed by atoms with Crippen LogP contribution in [0, 0.1) is 0 Å². The van der Waals surface area contributed by atoms with Crippen LogP contribution in [-0.2, 0) is 5.41 Å². The first-order chi connectivity index (χ1) is 23.9. The first-order valence-corrected chi connectivity index (χ1v) is 17.0. The van der Waals surface area contributed by atoms with Crippen LogP contribution in [-0.4, -0.2) is 9.13 Å². The van der Waals surface area contributed by atoms with Gasteiger partial charge in [0, 0.05) is 43.6 Å². The van der Waals surface area contributed by atoms with Crippen LogP contribution in [0.5, 0.6) is 0 Å². The molecule has 3 heteroatoms. The Morgan fingerprint density at radius 1 is 0.429 bits per heavy atom. The van der Waals surface area contributed by atoms with Gasteiger partial charge >= 0.3 is 0 Å². The maximum absolute atomic E-state index is 6.33. The lowest BCUT2D eigenvalue weighted by atomic mass is 9.86. The molecule has 3 aromatic heterocycles. The van der Waals surface area contributed by atoms with Crippen molar-refractivity contribution in [3.05, 3.63) is 157 Å². The Morgan fingerprint density at radius 3 is 1.80 bits per heavy atom. The molecule has 0 N–H and O–H groups in total. The summed E-state index contributed by atoms with van der Waals surface area (Å²) in [5.41, 5.74) is 12.8. The summed E-state index contributed by atoms with van der Waals surface area (Å²) in [5, 5.41) is 7.15. The van der Waals surface area contributed by atoms with Gasteiger partial charge in [0.1, 0.15) is 11.2 Å². The van der Waals surface area contributed by atoms with Crippen LogP contribution in [0.25, 0.3) is 88.1 Å². The predicted octanol–water partition coefficient (Wildman–Crippen LogP) is 12.7. The number of nitrogens with zero attached hydrogens (tertiary/aromatic N) is 2. The molecule has 49 heavy (non-hydrogen) atoms. The number of aromatic nitrogens is 2. The van der Waals surface area contributed by atoms with E-state index in [1.54, 1.807) is 0 Å². The lowest BCUT2D eigenvalue weighted by Gasteiger charge is -2.20. The lowest BCUT2D eigenvalue weighted by molar-refractivity contribution is 0.590. The van der Waals surface area contributed by atoms with Crippen LogP contribution in [0.2, 0.25) is 0 Å². The van der Waals surface area contributed by atoms with Crippen LogP contribution >= 0.6 is 0 Å². The molecule has 0 aliphatic carbocycles. The minimum Gasteiger partial charge on any atom is -0.456 e. The van der Waals surface area contributed by atoms with E-state index in [0.717, 1.165) is 27.6 Å². The largest absolute Gasteiger partial charge is 0.456 e. The van der Waals surface area contributed by atoms with Gasteiger partial charge in [0.25, 0.3) is 0 Å². The van der Waals surface area contributed by atoms with E-state index in [1.807, 2.05) is 6.07 Å². The molecule has 0 spiro atoms. The maximum atomic E-state index is 6.33. The normalized spacial score (nSPS) is 12.4. The molecule has 10 rings (SSSR count). The van der Waals surface area contributed by atoms with Crippen molar-refractivity contribution in [2.75, 3.05) is 0 Å². The van der Waals surface area contributed by atoms with Crippen LogP contribution < -0.4 is 0 Å². The van der Waals surface area contributed by atoms with Crippen molar-refractivity contribution >= 4 is 65.6 Å². The molecule has 0 unspecified atom stereocenters. The Balaban J connectivity index is 1.22. The quantitative estimate of drug-likeness (QED) is 0.190. The maximum Gasteiger partial charge on any atom is 0.136 e. The van der Waals surface area contributed by atoms with E-state index in [9.17, 15) is 0 Å². The second-order valence-corrected chi connectivity index (χ2v) is 14.2. The second-order valence-electron chi connectivity index (χ2n) is 14.2. The number of para-hydroxylation sites is 4. The first-order valence-electron chi connectivity index (χ1n) is 17.0. The number of hydrogen-bond acceptors (Lipinski definition) is 1. The lowest BCUT2D eigenvalue weighted by Crippen LogP contribution is -2.10. The fourth-order valence-corrected chi connectivity index (χ4v) is 7.89. The zero-order valence-electron chi connectivity index (χ0n) is 27.7. The highest BCUT2D eigenvalue weighted by atomic mass is 16.3. The average molecular weight is 631 g/mol. The SMILES string of the molecule is CC(C)(C)c1ccc(-c2ccccc2-n2c3ccccc3c3cc(-n4c5ccccc5c5cc6oc7ccccc7c6cc54)ccc32)cc1. The van der Waals surface area contributed by atoms with Crippen LogP contribution in [0.3, 0.4) is 0 Å². The van der Waals surface area contributed by atoms with E-state index in [2.05, 4.69) is 175 Å². The van der Waals surface area contributed by atoms with Gasteiger partial charge in [0.15, 0.2) is 0 Å². The molecule has 234 valence electrons. The molecule has 7 aromatic carbocycles. The Labute approximate surface area is 284 Å². The molecule has 0 amide bonds. The number of fused-ring (bicyclic) bond motifs is 9. The molecule has 10 aromatic rings.